The molecule has 1 aromatic heterocycles. The molecule has 0 amide bonds. The van der Waals surface area contributed by atoms with Crippen molar-refractivity contribution in [2.75, 3.05) is 0 Å². The first kappa shape index (κ1) is 14.0. The molecule has 0 aliphatic heterocycles. The Hall–Kier alpha value is -2.38. The van der Waals surface area contributed by atoms with Gasteiger partial charge in [0, 0.05) is 11.8 Å². The largest absolute Gasteiger partial charge is 0.298 e. The van der Waals surface area contributed by atoms with Gasteiger partial charge in [0.05, 0.1) is 11.1 Å². The Kier molecular flexibility index (Phi) is 3.47. The van der Waals surface area contributed by atoms with Crippen molar-refractivity contribution >= 4 is 6.29 Å². The van der Waals surface area contributed by atoms with Gasteiger partial charge in [-0.05, 0) is 6.07 Å². The third kappa shape index (κ3) is 1.93. The van der Waals surface area contributed by atoms with E-state index in [4.69, 9.17) is 0 Å². The van der Waals surface area contributed by atoms with Crippen molar-refractivity contribution in [1.29, 1.82) is 0 Å². The summed E-state index contributed by atoms with van der Waals surface area (Å²) in [5, 5.41) is 0. The summed E-state index contributed by atoms with van der Waals surface area (Å²) < 4.78 is 79.6. The first-order valence-corrected chi connectivity index (χ1v) is 5.01. The van der Waals surface area contributed by atoms with Crippen LogP contribution >= 0.6 is 0 Å². The summed E-state index contributed by atoms with van der Waals surface area (Å²) in [7, 11) is 0. The van der Waals surface area contributed by atoms with Crippen LogP contribution in [0.15, 0.2) is 12.3 Å². The van der Waals surface area contributed by atoms with Crippen LogP contribution in [-0.2, 0) is 0 Å². The molecule has 0 unspecified atom stereocenters. The van der Waals surface area contributed by atoms with E-state index in [0.717, 1.165) is 12.3 Å². The van der Waals surface area contributed by atoms with E-state index in [1.54, 1.807) is 0 Å². The van der Waals surface area contributed by atoms with Gasteiger partial charge in [-0.25, -0.2) is 26.9 Å². The Labute approximate surface area is 107 Å². The summed E-state index contributed by atoms with van der Waals surface area (Å²) in [6.45, 7) is 0. The lowest BCUT2D eigenvalue weighted by atomic mass is 10.0. The number of rotatable bonds is 2. The quantitative estimate of drug-likeness (QED) is 0.279. The number of carbonyl (C=O) groups is 1. The number of aromatic nitrogens is 1. The van der Waals surface area contributed by atoms with Crippen LogP contribution < -0.4 is 0 Å². The number of benzene rings is 1. The van der Waals surface area contributed by atoms with E-state index >= 15 is 0 Å². The fourth-order valence-electron chi connectivity index (χ4n) is 1.62. The lowest BCUT2D eigenvalue weighted by Crippen LogP contribution is -2.07. The smallest absolute Gasteiger partial charge is 0.221 e. The number of aldehydes is 1. The van der Waals surface area contributed by atoms with Crippen LogP contribution in [0, 0.1) is 35.0 Å². The van der Waals surface area contributed by atoms with Gasteiger partial charge in [0.15, 0.2) is 29.6 Å². The summed E-state index contributed by atoms with van der Waals surface area (Å²) in [6, 6.07) is 0.878. The summed E-state index contributed by atoms with van der Waals surface area (Å²) in [5.41, 5.74) is -3.22. The van der Waals surface area contributed by atoms with Gasteiger partial charge in [0.25, 0.3) is 0 Å². The Bertz CT molecular complexity index is 687. The van der Waals surface area contributed by atoms with E-state index in [1.807, 2.05) is 0 Å². The molecule has 20 heavy (non-hydrogen) atoms. The molecular weight excluding hydrogens is 288 g/mol. The van der Waals surface area contributed by atoms with Gasteiger partial charge < -0.3 is 0 Å². The molecule has 0 N–H and O–H groups in total. The fraction of sp³-hybridized carbons (Fsp3) is 0. The average Bonchev–Trinajstić information content (AvgIpc) is 2.44. The molecule has 0 radical (unpaired) electrons. The molecule has 0 atom stereocenters. The van der Waals surface area contributed by atoms with Crippen molar-refractivity contribution in [2.24, 2.45) is 0 Å². The minimum Gasteiger partial charge on any atom is -0.298 e. The van der Waals surface area contributed by atoms with Gasteiger partial charge in [-0.3, -0.25) is 4.79 Å². The zero-order chi connectivity index (χ0) is 15.0. The molecule has 104 valence electrons. The fourth-order valence-corrected chi connectivity index (χ4v) is 1.62. The molecule has 2 aromatic rings. The molecule has 1 aromatic carbocycles. The van der Waals surface area contributed by atoms with Crippen LogP contribution in [0.4, 0.5) is 26.3 Å². The monoisotopic (exact) mass is 291 g/mol. The summed E-state index contributed by atoms with van der Waals surface area (Å²) in [6.07, 6.45) is 0.826. The molecule has 0 saturated carbocycles. The van der Waals surface area contributed by atoms with Gasteiger partial charge in [-0.1, -0.05) is 0 Å². The summed E-state index contributed by atoms with van der Waals surface area (Å²) in [4.78, 5) is 13.7. The number of halogens is 6. The van der Waals surface area contributed by atoms with Gasteiger partial charge in [-0.15, -0.1) is 0 Å². The van der Waals surface area contributed by atoms with E-state index in [9.17, 15) is 31.1 Å². The van der Waals surface area contributed by atoms with Crippen LogP contribution in [-0.4, -0.2) is 11.3 Å². The molecule has 0 fully saturated rings. The Morgan fingerprint density at radius 1 is 0.800 bits per heavy atom. The van der Waals surface area contributed by atoms with Crippen molar-refractivity contribution in [2.45, 2.75) is 0 Å². The lowest BCUT2D eigenvalue weighted by Gasteiger charge is -2.10. The molecule has 2 rings (SSSR count). The highest BCUT2D eigenvalue weighted by Gasteiger charge is 2.29. The van der Waals surface area contributed by atoms with Crippen LogP contribution in [0.5, 0.6) is 0 Å². The third-order valence-electron chi connectivity index (χ3n) is 2.52. The summed E-state index contributed by atoms with van der Waals surface area (Å²) in [5.74, 6) is -12.9. The maximum absolute atomic E-state index is 13.6. The van der Waals surface area contributed by atoms with Gasteiger partial charge in [0.2, 0.25) is 11.8 Å². The molecule has 0 saturated heterocycles. The molecule has 1 heterocycles. The van der Waals surface area contributed by atoms with Gasteiger partial charge >= 0.3 is 0 Å². The maximum atomic E-state index is 13.6. The van der Waals surface area contributed by atoms with Crippen LogP contribution in [0.2, 0.25) is 0 Å². The van der Waals surface area contributed by atoms with Crippen molar-refractivity contribution < 1.29 is 31.1 Å². The highest BCUT2D eigenvalue weighted by molar-refractivity contribution is 5.87. The van der Waals surface area contributed by atoms with Crippen molar-refractivity contribution in [3.05, 3.63) is 52.9 Å². The van der Waals surface area contributed by atoms with E-state index < -0.39 is 51.7 Å². The predicted octanol–water partition coefficient (Wildman–Crippen LogP) is 3.40. The molecule has 0 aliphatic rings. The van der Waals surface area contributed by atoms with Crippen molar-refractivity contribution in [3.8, 4) is 11.1 Å². The number of hydrogen-bond donors (Lipinski definition) is 0. The maximum Gasteiger partial charge on any atom is 0.221 e. The second-order valence-electron chi connectivity index (χ2n) is 3.63. The minimum absolute atomic E-state index is 0.0120. The highest BCUT2D eigenvalue weighted by atomic mass is 19.2. The van der Waals surface area contributed by atoms with Crippen LogP contribution in [0.25, 0.3) is 11.1 Å². The van der Waals surface area contributed by atoms with Crippen molar-refractivity contribution in [1.82, 2.24) is 4.98 Å². The van der Waals surface area contributed by atoms with Crippen LogP contribution in [0.3, 0.4) is 0 Å². The van der Waals surface area contributed by atoms with Gasteiger partial charge in [-0.2, -0.15) is 4.39 Å². The van der Waals surface area contributed by atoms with Crippen molar-refractivity contribution in [3.63, 3.8) is 0 Å². The minimum atomic E-state index is -2.37. The second-order valence-corrected chi connectivity index (χ2v) is 3.63. The molecule has 2 nitrogen and oxygen atoms in total. The SMILES string of the molecule is O=Cc1ccnc(F)c1-c1c(F)c(F)c(F)c(F)c1F. The Morgan fingerprint density at radius 3 is 1.80 bits per heavy atom. The molecule has 0 bridgehead atoms. The Balaban J connectivity index is 2.95. The standard InChI is InChI=1S/C12H3F6NO/c13-7-6(8(14)10(16)11(17)9(7)15)5-4(3-20)1-2-19-12(5)18/h1-3H. The Morgan fingerprint density at radius 2 is 1.30 bits per heavy atom. The topological polar surface area (TPSA) is 30.0 Å². The molecule has 0 spiro atoms. The van der Waals surface area contributed by atoms with E-state index in [2.05, 4.69) is 4.98 Å². The highest BCUT2D eigenvalue weighted by Crippen LogP contribution is 2.34. The average molecular weight is 291 g/mol. The zero-order valence-electron chi connectivity index (χ0n) is 9.36. The van der Waals surface area contributed by atoms with Gasteiger partial charge in [0.1, 0.15) is 0 Å². The normalized spacial score (nSPS) is 10.7. The predicted molar refractivity (Wildman–Crippen MR) is 54.8 cm³/mol. The molecule has 0 aliphatic carbocycles. The molecular formula is C12H3F6NO. The number of carbonyl (C=O) groups excluding carboxylic acids is 1. The third-order valence-corrected chi connectivity index (χ3v) is 2.52. The first-order chi connectivity index (χ1) is 9.40. The summed E-state index contributed by atoms with van der Waals surface area (Å²) >= 11 is 0. The number of hydrogen-bond acceptors (Lipinski definition) is 2. The number of nitrogens with zero attached hydrogens (tertiary/aromatic N) is 1. The van der Waals surface area contributed by atoms with Crippen LogP contribution in [0.1, 0.15) is 10.4 Å². The second kappa shape index (κ2) is 4.95. The molecule has 8 heteroatoms. The van der Waals surface area contributed by atoms with E-state index in [1.165, 1.54) is 0 Å². The first-order valence-electron chi connectivity index (χ1n) is 5.01. The lowest BCUT2D eigenvalue weighted by molar-refractivity contribution is 0.112. The zero-order valence-corrected chi connectivity index (χ0v) is 9.36. The van der Waals surface area contributed by atoms with E-state index in [-0.39, 0.29) is 6.29 Å². The number of pyridine rings is 1. The van der Waals surface area contributed by atoms with E-state index in [0.29, 0.717) is 0 Å².